The summed E-state index contributed by atoms with van der Waals surface area (Å²) in [7, 11) is 0. The van der Waals surface area contributed by atoms with Gasteiger partial charge in [-0.3, -0.25) is 4.79 Å². The predicted molar refractivity (Wildman–Crippen MR) is 71.9 cm³/mol. The highest BCUT2D eigenvalue weighted by Crippen LogP contribution is 2.19. The third-order valence-corrected chi connectivity index (χ3v) is 2.58. The Morgan fingerprint density at radius 2 is 2.06 bits per heavy atom. The molecule has 0 saturated carbocycles. The topological polar surface area (TPSA) is 94.0 Å². The van der Waals surface area contributed by atoms with Gasteiger partial charge in [0.25, 0.3) is 0 Å². The minimum atomic E-state index is -0.531. The number of primary amides is 1. The molecular formula is C11H16N4OS. The van der Waals surface area contributed by atoms with Crippen molar-refractivity contribution < 1.29 is 4.79 Å². The molecule has 1 rings (SSSR count). The Kier molecular flexibility index (Phi) is 4.01. The van der Waals surface area contributed by atoms with E-state index < -0.39 is 11.9 Å². The summed E-state index contributed by atoms with van der Waals surface area (Å²) in [6.45, 7) is 5.41. The van der Waals surface area contributed by atoms with Crippen LogP contribution in [0, 0.1) is 13.8 Å². The summed E-state index contributed by atoms with van der Waals surface area (Å²) >= 11 is 4.98. The van der Waals surface area contributed by atoms with Crippen LogP contribution in [0.3, 0.4) is 0 Å². The van der Waals surface area contributed by atoms with E-state index >= 15 is 0 Å². The van der Waals surface area contributed by atoms with Crippen LogP contribution in [0.5, 0.6) is 0 Å². The zero-order valence-electron chi connectivity index (χ0n) is 10.1. The Morgan fingerprint density at radius 1 is 1.47 bits per heavy atom. The summed E-state index contributed by atoms with van der Waals surface area (Å²) in [6, 6.07) is 1.35. The quantitative estimate of drug-likeness (QED) is 0.683. The number of anilines is 1. The zero-order valence-corrected chi connectivity index (χ0v) is 10.9. The van der Waals surface area contributed by atoms with E-state index in [1.165, 1.54) is 0 Å². The predicted octanol–water partition coefficient (Wildman–Crippen LogP) is 0.618. The molecule has 1 aromatic rings. The number of aromatic nitrogens is 1. The molecule has 0 aliphatic heterocycles. The minimum Gasteiger partial charge on any atom is -0.389 e. The van der Waals surface area contributed by atoms with Gasteiger partial charge in [-0.1, -0.05) is 12.2 Å². The number of aryl methyl sites for hydroxylation is 2. The monoisotopic (exact) mass is 252 g/mol. The van der Waals surface area contributed by atoms with Crippen LogP contribution in [0.15, 0.2) is 6.07 Å². The second-order valence-corrected chi connectivity index (χ2v) is 4.38. The number of carbonyl (C=O) groups is 1. The van der Waals surface area contributed by atoms with E-state index in [4.69, 9.17) is 23.7 Å². The number of rotatable bonds is 4. The number of amides is 1. The van der Waals surface area contributed by atoms with E-state index in [0.29, 0.717) is 11.4 Å². The van der Waals surface area contributed by atoms with E-state index in [2.05, 4.69) is 10.3 Å². The SMILES string of the molecule is Cc1cc(C)c(C(N)=S)c(NC(C)C(N)=O)n1. The third kappa shape index (κ3) is 3.13. The zero-order chi connectivity index (χ0) is 13.2. The Labute approximate surface area is 106 Å². The fourth-order valence-electron chi connectivity index (χ4n) is 1.53. The molecule has 5 nitrogen and oxygen atoms in total. The summed E-state index contributed by atoms with van der Waals surface area (Å²) in [6.07, 6.45) is 0. The van der Waals surface area contributed by atoms with Gasteiger partial charge in [0.15, 0.2) is 0 Å². The van der Waals surface area contributed by atoms with Gasteiger partial charge in [0.1, 0.15) is 16.8 Å². The van der Waals surface area contributed by atoms with E-state index in [1.54, 1.807) is 6.92 Å². The average molecular weight is 252 g/mol. The third-order valence-electron chi connectivity index (χ3n) is 2.37. The van der Waals surface area contributed by atoms with Crippen molar-refractivity contribution in [3.63, 3.8) is 0 Å². The van der Waals surface area contributed by atoms with E-state index in [9.17, 15) is 4.79 Å². The summed E-state index contributed by atoms with van der Waals surface area (Å²) in [4.78, 5) is 15.6. The number of hydrogen-bond acceptors (Lipinski definition) is 4. The lowest BCUT2D eigenvalue weighted by molar-refractivity contribution is -0.118. The maximum absolute atomic E-state index is 11.0. The molecular weight excluding hydrogens is 236 g/mol. The molecule has 17 heavy (non-hydrogen) atoms. The van der Waals surface area contributed by atoms with Gasteiger partial charge in [-0.15, -0.1) is 0 Å². The lowest BCUT2D eigenvalue weighted by Crippen LogP contribution is -2.34. The average Bonchev–Trinajstić information content (AvgIpc) is 2.14. The summed E-state index contributed by atoms with van der Waals surface area (Å²) < 4.78 is 0. The molecule has 1 unspecified atom stereocenters. The number of hydrogen-bond donors (Lipinski definition) is 3. The molecule has 5 N–H and O–H groups in total. The van der Waals surface area contributed by atoms with Crippen molar-refractivity contribution in [2.75, 3.05) is 5.32 Å². The lowest BCUT2D eigenvalue weighted by Gasteiger charge is -2.16. The van der Waals surface area contributed by atoms with Gasteiger partial charge in [-0.05, 0) is 32.4 Å². The number of thiocarbonyl (C=S) groups is 1. The first kappa shape index (κ1) is 13.4. The second kappa shape index (κ2) is 5.09. The molecule has 0 spiro atoms. The molecule has 0 radical (unpaired) electrons. The van der Waals surface area contributed by atoms with Crippen molar-refractivity contribution in [2.24, 2.45) is 11.5 Å². The van der Waals surface area contributed by atoms with Crippen LogP contribution in [0.4, 0.5) is 5.82 Å². The van der Waals surface area contributed by atoms with Crippen LogP contribution in [-0.2, 0) is 4.79 Å². The van der Waals surface area contributed by atoms with Gasteiger partial charge in [-0.2, -0.15) is 0 Å². The standard InChI is InChI=1S/C11H16N4OS/c1-5-4-6(2)14-11(8(5)10(13)17)15-7(3)9(12)16/h4,7H,1-3H3,(H2,12,16)(H2,13,17)(H,14,15). The fraction of sp³-hybridized carbons (Fsp3) is 0.364. The van der Waals surface area contributed by atoms with Crippen molar-refractivity contribution in [2.45, 2.75) is 26.8 Å². The highest BCUT2D eigenvalue weighted by atomic mass is 32.1. The van der Waals surface area contributed by atoms with Crippen LogP contribution in [0.25, 0.3) is 0 Å². The number of nitrogens with zero attached hydrogens (tertiary/aromatic N) is 1. The maximum Gasteiger partial charge on any atom is 0.239 e. The molecule has 0 aliphatic rings. The van der Waals surface area contributed by atoms with Crippen LogP contribution >= 0.6 is 12.2 Å². The van der Waals surface area contributed by atoms with Crippen LogP contribution in [0.1, 0.15) is 23.7 Å². The Balaban J connectivity index is 3.21. The number of pyridine rings is 1. The molecule has 0 fully saturated rings. The first-order valence-corrected chi connectivity index (χ1v) is 5.57. The molecule has 0 aliphatic carbocycles. The van der Waals surface area contributed by atoms with Crippen molar-refractivity contribution >= 4 is 28.9 Å². The van der Waals surface area contributed by atoms with E-state index in [-0.39, 0.29) is 4.99 Å². The molecule has 1 aromatic heterocycles. The van der Waals surface area contributed by atoms with Gasteiger partial charge in [0.2, 0.25) is 5.91 Å². The molecule has 1 amide bonds. The number of nitrogens with two attached hydrogens (primary N) is 2. The minimum absolute atomic E-state index is 0.245. The Hall–Kier alpha value is -1.69. The molecule has 1 heterocycles. The van der Waals surface area contributed by atoms with Crippen LogP contribution in [0.2, 0.25) is 0 Å². The van der Waals surface area contributed by atoms with Gasteiger partial charge in [0, 0.05) is 5.69 Å². The first-order chi connectivity index (χ1) is 7.82. The van der Waals surface area contributed by atoms with Crippen LogP contribution < -0.4 is 16.8 Å². The van der Waals surface area contributed by atoms with Gasteiger partial charge < -0.3 is 16.8 Å². The lowest BCUT2D eigenvalue weighted by atomic mass is 10.1. The normalized spacial score (nSPS) is 11.9. The second-order valence-electron chi connectivity index (χ2n) is 3.94. The summed E-state index contributed by atoms with van der Waals surface area (Å²) in [5.74, 6) is 0.0427. The first-order valence-electron chi connectivity index (χ1n) is 5.16. The number of carbonyl (C=O) groups excluding carboxylic acids is 1. The molecule has 6 heteroatoms. The Morgan fingerprint density at radius 3 is 2.53 bits per heavy atom. The molecule has 0 bridgehead atoms. The smallest absolute Gasteiger partial charge is 0.239 e. The maximum atomic E-state index is 11.0. The number of nitrogens with one attached hydrogen (secondary N) is 1. The van der Waals surface area contributed by atoms with E-state index in [0.717, 1.165) is 11.3 Å². The van der Waals surface area contributed by atoms with E-state index in [1.807, 2.05) is 19.9 Å². The van der Waals surface area contributed by atoms with Gasteiger partial charge in [0.05, 0.1) is 5.56 Å². The highest BCUT2D eigenvalue weighted by molar-refractivity contribution is 7.80. The molecule has 0 aromatic carbocycles. The van der Waals surface area contributed by atoms with Crippen molar-refractivity contribution in [3.05, 3.63) is 22.9 Å². The van der Waals surface area contributed by atoms with Crippen LogP contribution in [-0.4, -0.2) is 21.9 Å². The largest absolute Gasteiger partial charge is 0.389 e. The van der Waals surface area contributed by atoms with Gasteiger partial charge >= 0.3 is 0 Å². The van der Waals surface area contributed by atoms with Crippen molar-refractivity contribution in [3.8, 4) is 0 Å². The highest BCUT2D eigenvalue weighted by Gasteiger charge is 2.15. The molecule has 1 atom stereocenters. The molecule has 92 valence electrons. The summed E-state index contributed by atoms with van der Waals surface area (Å²) in [5, 5.41) is 2.92. The van der Waals surface area contributed by atoms with Crippen molar-refractivity contribution in [1.29, 1.82) is 0 Å². The summed E-state index contributed by atoms with van der Waals surface area (Å²) in [5.41, 5.74) is 13.2. The molecule has 0 saturated heterocycles. The van der Waals surface area contributed by atoms with Gasteiger partial charge in [-0.25, -0.2) is 4.98 Å². The fourth-order valence-corrected chi connectivity index (χ4v) is 1.79. The Bertz CT molecular complexity index is 473. The van der Waals surface area contributed by atoms with Crippen molar-refractivity contribution in [1.82, 2.24) is 4.98 Å².